The van der Waals surface area contributed by atoms with E-state index < -0.39 is 0 Å². The van der Waals surface area contributed by atoms with Gasteiger partial charge in [0.05, 0.1) is 5.75 Å². The molecule has 0 atom stereocenters. The van der Waals surface area contributed by atoms with Crippen molar-refractivity contribution >= 4 is 40.7 Å². The molecule has 0 bridgehead atoms. The highest BCUT2D eigenvalue weighted by Gasteiger charge is 2.06. The SMILES string of the molecule is CCc1cccc(NC(=S)NNC(=O)CSc2ccccc2F)c1. The van der Waals surface area contributed by atoms with Crippen LogP contribution in [0.3, 0.4) is 0 Å². The Morgan fingerprint density at radius 3 is 2.71 bits per heavy atom. The van der Waals surface area contributed by atoms with E-state index in [-0.39, 0.29) is 22.6 Å². The van der Waals surface area contributed by atoms with Gasteiger partial charge in [0.25, 0.3) is 0 Å². The minimum Gasteiger partial charge on any atom is -0.331 e. The van der Waals surface area contributed by atoms with Gasteiger partial charge in [-0.1, -0.05) is 31.2 Å². The van der Waals surface area contributed by atoms with Gasteiger partial charge in [0.2, 0.25) is 5.91 Å². The molecule has 0 saturated carbocycles. The third-order valence-corrected chi connectivity index (χ3v) is 4.36. The molecule has 0 aliphatic rings. The first-order chi connectivity index (χ1) is 11.6. The largest absolute Gasteiger partial charge is 0.331 e. The van der Waals surface area contributed by atoms with Crippen LogP contribution in [0.4, 0.5) is 10.1 Å². The Morgan fingerprint density at radius 2 is 1.96 bits per heavy atom. The highest BCUT2D eigenvalue weighted by atomic mass is 32.2. The zero-order valence-electron chi connectivity index (χ0n) is 13.1. The van der Waals surface area contributed by atoms with E-state index >= 15 is 0 Å². The average Bonchev–Trinajstić information content (AvgIpc) is 2.59. The topological polar surface area (TPSA) is 53.2 Å². The van der Waals surface area contributed by atoms with Crippen LogP contribution in [0.2, 0.25) is 0 Å². The van der Waals surface area contributed by atoms with Crippen molar-refractivity contribution in [3.63, 3.8) is 0 Å². The maximum atomic E-state index is 13.5. The Morgan fingerprint density at radius 1 is 1.17 bits per heavy atom. The Labute approximate surface area is 150 Å². The Hall–Kier alpha value is -2.12. The van der Waals surface area contributed by atoms with Crippen LogP contribution in [0.15, 0.2) is 53.4 Å². The number of hydrogen-bond donors (Lipinski definition) is 3. The number of halogens is 1. The lowest BCUT2D eigenvalue weighted by atomic mass is 10.1. The van der Waals surface area contributed by atoms with Crippen molar-refractivity contribution in [1.82, 2.24) is 10.9 Å². The van der Waals surface area contributed by atoms with Gasteiger partial charge in [-0.25, -0.2) is 4.39 Å². The summed E-state index contributed by atoms with van der Waals surface area (Å²) in [5, 5.41) is 3.28. The number of hydrazine groups is 1. The molecule has 0 aliphatic carbocycles. The Balaban J connectivity index is 1.75. The molecule has 126 valence electrons. The number of nitrogens with one attached hydrogen (secondary N) is 3. The molecule has 2 aromatic carbocycles. The van der Waals surface area contributed by atoms with Gasteiger partial charge in [0.1, 0.15) is 5.82 Å². The second-order valence-corrected chi connectivity index (χ2v) is 6.33. The predicted octanol–water partition coefficient (Wildman–Crippen LogP) is 3.50. The van der Waals surface area contributed by atoms with Crippen LogP contribution < -0.4 is 16.2 Å². The zero-order chi connectivity index (χ0) is 17.4. The second kappa shape index (κ2) is 9.24. The minimum atomic E-state index is -0.337. The van der Waals surface area contributed by atoms with Crippen LogP contribution in [0.1, 0.15) is 12.5 Å². The number of anilines is 1. The molecule has 0 aromatic heterocycles. The standard InChI is InChI=1S/C17H18FN3OS2/c1-2-12-6-5-7-13(10-12)19-17(23)21-20-16(22)11-24-15-9-4-3-8-14(15)18/h3-10H,2,11H2,1H3,(H,20,22)(H2,19,21,23). The molecule has 3 N–H and O–H groups in total. The first-order valence-electron chi connectivity index (χ1n) is 7.40. The number of amides is 1. The number of hydrogen-bond acceptors (Lipinski definition) is 3. The molecule has 0 fully saturated rings. The molecule has 24 heavy (non-hydrogen) atoms. The summed E-state index contributed by atoms with van der Waals surface area (Å²) in [6.07, 6.45) is 0.930. The van der Waals surface area contributed by atoms with E-state index in [9.17, 15) is 9.18 Å². The van der Waals surface area contributed by atoms with Crippen LogP contribution in [0.25, 0.3) is 0 Å². The first-order valence-corrected chi connectivity index (χ1v) is 8.80. The molecule has 7 heteroatoms. The van der Waals surface area contributed by atoms with Crippen LogP contribution in [-0.2, 0) is 11.2 Å². The highest BCUT2D eigenvalue weighted by molar-refractivity contribution is 8.00. The van der Waals surface area contributed by atoms with Gasteiger partial charge in [0.15, 0.2) is 5.11 Å². The number of rotatable bonds is 5. The number of thioether (sulfide) groups is 1. The summed E-state index contributed by atoms with van der Waals surface area (Å²) in [5.74, 6) is -0.548. The maximum Gasteiger partial charge on any atom is 0.248 e. The second-order valence-electron chi connectivity index (χ2n) is 4.90. The quantitative estimate of drug-likeness (QED) is 0.431. The van der Waals surface area contributed by atoms with Crippen LogP contribution in [0.5, 0.6) is 0 Å². The third-order valence-electron chi connectivity index (χ3n) is 3.10. The van der Waals surface area contributed by atoms with Crippen LogP contribution in [0, 0.1) is 5.82 Å². The molecule has 0 unspecified atom stereocenters. The fraction of sp³-hybridized carbons (Fsp3) is 0.176. The van der Waals surface area contributed by atoms with Gasteiger partial charge in [-0.15, -0.1) is 11.8 Å². The van der Waals surface area contributed by atoms with Crippen LogP contribution in [-0.4, -0.2) is 16.8 Å². The molecule has 0 aliphatic heterocycles. The smallest absolute Gasteiger partial charge is 0.248 e. The molecular formula is C17H18FN3OS2. The number of thiocarbonyl (C=S) groups is 1. The molecule has 0 heterocycles. The summed E-state index contributed by atoms with van der Waals surface area (Å²) >= 11 is 6.25. The average molecular weight is 363 g/mol. The molecule has 0 saturated heterocycles. The van der Waals surface area contributed by atoms with Crippen molar-refractivity contribution in [2.45, 2.75) is 18.2 Å². The van der Waals surface area contributed by atoms with E-state index in [0.29, 0.717) is 4.90 Å². The Bertz CT molecular complexity index is 724. The number of carbonyl (C=O) groups excluding carboxylic acids is 1. The summed E-state index contributed by atoms with van der Waals surface area (Å²) in [6.45, 7) is 2.07. The molecular weight excluding hydrogens is 345 g/mol. The lowest BCUT2D eigenvalue weighted by Gasteiger charge is -2.12. The van der Waals surface area contributed by atoms with E-state index in [2.05, 4.69) is 23.1 Å². The number of aryl methyl sites for hydroxylation is 1. The maximum absolute atomic E-state index is 13.5. The minimum absolute atomic E-state index is 0.0852. The summed E-state index contributed by atoms with van der Waals surface area (Å²) < 4.78 is 13.5. The molecule has 0 radical (unpaired) electrons. The van der Waals surface area contributed by atoms with Gasteiger partial charge >= 0.3 is 0 Å². The molecule has 2 aromatic rings. The lowest BCUT2D eigenvalue weighted by Crippen LogP contribution is -2.44. The number of carbonyl (C=O) groups is 1. The van der Waals surface area contributed by atoms with Crippen molar-refractivity contribution in [2.75, 3.05) is 11.1 Å². The third kappa shape index (κ3) is 5.82. The van der Waals surface area contributed by atoms with E-state index in [4.69, 9.17) is 12.2 Å². The predicted molar refractivity (Wildman–Crippen MR) is 100 cm³/mol. The van der Waals surface area contributed by atoms with Crippen molar-refractivity contribution < 1.29 is 9.18 Å². The van der Waals surface area contributed by atoms with E-state index in [1.807, 2.05) is 24.3 Å². The fourth-order valence-corrected chi connectivity index (χ4v) is 2.81. The zero-order valence-corrected chi connectivity index (χ0v) is 14.8. The van der Waals surface area contributed by atoms with Gasteiger partial charge in [-0.05, 0) is 48.5 Å². The van der Waals surface area contributed by atoms with E-state index in [0.717, 1.165) is 23.9 Å². The van der Waals surface area contributed by atoms with Gasteiger partial charge in [-0.3, -0.25) is 15.6 Å². The van der Waals surface area contributed by atoms with Crippen molar-refractivity contribution in [1.29, 1.82) is 0 Å². The fourth-order valence-electron chi connectivity index (χ4n) is 1.90. The summed E-state index contributed by atoms with van der Waals surface area (Å²) in [7, 11) is 0. The molecule has 4 nitrogen and oxygen atoms in total. The normalized spacial score (nSPS) is 10.1. The van der Waals surface area contributed by atoms with Crippen molar-refractivity contribution in [3.05, 3.63) is 59.9 Å². The van der Waals surface area contributed by atoms with Gasteiger partial charge in [-0.2, -0.15) is 0 Å². The van der Waals surface area contributed by atoms with Crippen molar-refractivity contribution in [2.24, 2.45) is 0 Å². The molecule has 2 rings (SSSR count). The lowest BCUT2D eigenvalue weighted by molar-refractivity contribution is -0.119. The number of benzene rings is 2. The summed E-state index contributed by atoms with van der Waals surface area (Å²) in [6, 6.07) is 14.2. The Kier molecular flexibility index (Phi) is 7.02. The van der Waals surface area contributed by atoms with Gasteiger partial charge < -0.3 is 5.32 Å². The summed E-state index contributed by atoms with van der Waals surface area (Å²) in [4.78, 5) is 12.2. The van der Waals surface area contributed by atoms with E-state index in [1.54, 1.807) is 18.2 Å². The monoisotopic (exact) mass is 363 g/mol. The summed E-state index contributed by atoms with van der Waals surface area (Å²) in [5.41, 5.74) is 7.16. The molecule has 1 amide bonds. The first kappa shape index (κ1) is 18.2. The van der Waals surface area contributed by atoms with Gasteiger partial charge in [0, 0.05) is 10.6 Å². The molecule has 0 spiro atoms. The van der Waals surface area contributed by atoms with E-state index in [1.165, 1.54) is 11.6 Å². The highest BCUT2D eigenvalue weighted by Crippen LogP contribution is 2.20. The van der Waals surface area contributed by atoms with Crippen molar-refractivity contribution in [3.8, 4) is 0 Å². The van der Waals surface area contributed by atoms with Crippen LogP contribution >= 0.6 is 24.0 Å².